The van der Waals surface area contributed by atoms with Crippen molar-refractivity contribution in [3.63, 3.8) is 0 Å². The van der Waals surface area contributed by atoms with E-state index in [0.29, 0.717) is 6.61 Å². The summed E-state index contributed by atoms with van der Waals surface area (Å²) in [5, 5.41) is 9.79. The fourth-order valence-electron chi connectivity index (χ4n) is 2.51. The number of ether oxygens (including phenoxy) is 4. The van der Waals surface area contributed by atoms with Crippen molar-refractivity contribution in [2.75, 3.05) is 19.8 Å². The van der Waals surface area contributed by atoms with Gasteiger partial charge in [-0.3, -0.25) is 0 Å². The van der Waals surface area contributed by atoms with Gasteiger partial charge in [0.1, 0.15) is 6.10 Å². The highest BCUT2D eigenvalue weighted by molar-refractivity contribution is 4.93. The molecule has 2 aliphatic rings. The van der Waals surface area contributed by atoms with E-state index in [1.807, 2.05) is 12.2 Å². The predicted molar refractivity (Wildman–Crippen MR) is 78.8 cm³/mol. The third-order valence-corrected chi connectivity index (χ3v) is 3.76. The van der Waals surface area contributed by atoms with Gasteiger partial charge in [0.15, 0.2) is 12.6 Å². The molecule has 5 nitrogen and oxygen atoms in total. The molecule has 2 aliphatic heterocycles. The van der Waals surface area contributed by atoms with Crippen LogP contribution in [0.5, 0.6) is 0 Å². The predicted octanol–water partition coefficient (Wildman–Crippen LogP) is 2.38. The van der Waals surface area contributed by atoms with Crippen molar-refractivity contribution in [1.82, 2.24) is 0 Å². The molecule has 0 bridgehead atoms. The number of hydrogen-bond donors (Lipinski definition) is 1. The van der Waals surface area contributed by atoms with Gasteiger partial charge in [-0.2, -0.15) is 0 Å². The molecule has 0 saturated carbocycles. The first-order valence-electron chi connectivity index (χ1n) is 8.10. The van der Waals surface area contributed by atoms with Gasteiger partial charge in [0.05, 0.1) is 12.7 Å². The molecule has 0 aliphatic carbocycles. The third-order valence-electron chi connectivity index (χ3n) is 3.76. The number of hydrogen-bond acceptors (Lipinski definition) is 5. The van der Waals surface area contributed by atoms with Crippen LogP contribution in [0.4, 0.5) is 0 Å². The third kappa shape index (κ3) is 6.45. The van der Waals surface area contributed by atoms with Crippen LogP contribution < -0.4 is 0 Å². The molecule has 5 heteroatoms. The maximum Gasteiger partial charge on any atom is 0.158 e. The smallest absolute Gasteiger partial charge is 0.158 e. The molecule has 2 rings (SSSR count). The Labute approximate surface area is 127 Å². The highest BCUT2D eigenvalue weighted by Gasteiger charge is 2.21. The van der Waals surface area contributed by atoms with Gasteiger partial charge in [-0.15, -0.1) is 0 Å². The Morgan fingerprint density at radius 2 is 1.76 bits per heavy atom. The molecule has 0 spiro atoms. The lowest BCUT2D eigenvalue weighted by Gasteiger charge is -2.27. The molecule has 0 aromatic rings. The van der Waals surface area contributed by atoms with Crippen molar-refractivity contribution < 1.29 is 24.1 Å². The van der Waals surface area contributed by atoms with E-state index in [1.165, 1.54) is 0 Å². The molecular weight excluding hydrogens is 272 g/mol. The van der Waals surface area contributed by atoms with E-state index in [1.54, 1.807) is 6.92 Å². The molecule has 0 aromatic carbocycles. The van der Waals surface area contributed by atoms with Crippen LogP contribution in [0.3, 0.4) is 0 Å². The quantitative estimate of drug-likeness (QED) is 0.732. The lowest BCUT2D eigenvalue weighted by Crippen LogP contribution is -2.33. The molecule has 2 unspecified atom stereocenters. The maximum absolute atomic E-state index is 9.79. The second-order valence-electron chi connectivity index (χ2n) is 5.70. The molecule has 0 aromatic heterocycles. The van der Waals surface area contributed by atoms with E-state index < -0.39 is 6.10 Å². The Kier molecular flexibility index (Phi) is 7.68. The van der Waals surface area contributed by atoms with Crippen LogP contribution in [0.1, 0.15) is 45.4 Å². The molecule has 2 saturated heterocycles. The minimum atomic E-state index is -0.572. The first-order valence-corrected chi connectivity index (χ1v) is 8.10. The molecule has 1 N–H and O–H groups in total. The SMILES string of the molecule is C[C@@H](O)[C@H](/C=C/COC1CCCCO1)OC1CCCCO1. The first kappa shape index (κ1) is 16.9. The minimum absolute atomic E-state index is 0.0870. The summed E-state index contributed by atoms with van der Waals surface area (Å²) in [5.74, 6) is 0. The Morgan fingerprint density at radius 3 is 2.33 bits per heavy atom. The fourth-order valence-corrected chi connectivity index (χ4v) is 2.51. The average Bonchev–Trinajstić information content (AvgIpc) is 2.52. The summed E-state index contributed by atoms with van der Waals surface area (Å²) in [5.41, 5.74) is 0. The van der Waals surface area contributed by atoms with Crippen molar-refractivity contribution in [3.05, 3.63) is 12.2 Å². The number of aliphatic hydroxyl groups excluding tert-OH is 1. The van der Waals surface area contributed by atoms with Gasteiger partial charge in [-0.25, -0.2) is 0 Å². The van der Waals surface area contributed by atoms with Crippen LogP contribution in [0, 0.1) is 0 Å². The average molecular weight is 300 g/mol. The zero-order valence-electron chi connectivity index (χ0n) is 12.9. The fraction of sp³-hybridized carbons (Fsp3) is 0.875. The lowest BCUT2D eigenvalue weighted by atomic mass is 10.2. The Bertz CT molecular complexity index is 293. The highest BCUT2D eigenvalue weighted by Crippen LogP contribution is 2.17. The zero-order chi connectivity index (χ0) is 14.9. The van der Waals surface area contributed by atoms with Crippen molar-refractivity contribution in [3.8, 4) is 0 Å². The van der Waals surface area contributed by atoms with Crippen molar-refractivity contribution >= 4 is 0 Å². The first-order chi connectivity index (χ1) is 10.3. The van der Waals surface area contributed by atoms with Crippen LogP contribution in [-0.2, 0) is 18.9 Å². The van der Waals surface area contributed by atoms with Gasteiger partial charge in [0, 0.05) is 13.2 Å². The Hall–Kier alpha value is -0.460. The molecule has 21 heavy (non-hydrogen) atoms. The summed E-state index contributed by atoms with van der Waals surface area (Å²) < 4.78 is 22.5. The lowest BCUT2D eigenvalue weighted by molar-refractivity contribution is -0.193. The Morgan fingerprint density at radius 1 is 1.10 bits per heavy atom. The molecule has 122 valence electrons. The van der Waals surface area contributed by atoms with Crippen molar-refractivity contribution in [2.24, 2.45) is 0 Å². The molecule has 2 fully saturated rings. The largest absolute Gasteiger partial charge is 0.390 e. The van der Waals surface area contributed by atoms with Crippen LogP contribution >= 0.6 is 0 Å². The van der Waals surface area contributed by atoms with Gasteiger partial charge in [-0.1, -0.05) is 12.2 Å². The summed E-state index contributed by atoms with van der Waals surface area (Å²) in [6.45, 7) is 3.72. The van der Waals surface area contributed by atoms with Crippen molar-refractivity contribution in [2.45, 2.75) is 70.2 Å². The van der Waals surface area contributed by atoms with E-state index in [-0.39, 0.29) is 18.7 Å². The van der Waals surface area contributed by atoms with Gasteiger partial charge >= 0.3 is 0 Å². The second kappa shape index (κ2) is 9.54. The Balaban J connectivity index is 1.69. The molecule has 0 amide bonds. The molecule has 4 atom stereocenters. The minimum Gasteiger partial charge on any atom is -0.390 e. The van der Waals surface area contributed by atoms with Gasteiger partial charge in [-0.05, 0) is 45.4 Å². The zero-order valence-corrected chi connectivity index (χ0v) is 12.9. The number of aliphatic hydroxyl groups is 1. The van der Waals surface area contributed by atoms with Gasteiger partial charge in [0.25, 0.3) is 0 Å². The van der Waals surface area contributed by atoms with E-state index in [2.05, 4.69) is 0 Å². The summed E-state index contributed by atoms with van der Waals surface area (Å²) in [7, 11) is 0. The monoisotopic (exact) mass is 300 g/mol. The van der Waals surface area contributed by atoms with Crippen LogP contribution in [0.15, 0.2) is 12.2 Å². The second-order valence-corrected chi connectivity index (χ2v) is 5.70. The molecular formula is C16H28O5. The van der Waals surface area contributed by atoms with E-state index in [4.69, 9.17) is 18.9 Å². The van der Waals surface area contributed by atoms with E-state index in [9.17, 15) is 5.11 Å². The standard InChI is InChI=1S/C16H28O5/c1-13(17)14(21-16-9-3-5-11-20-16)7-6-12-19-15-8-2-4-10-18-15/h6-7,13-17H,2-5,8-12H2,1H3/b7-6+/t13-,14+,15?,16?/m1/s1. The highest BCUT2D eigenvalue weighted by atomic mass is 16.7. The normalized spacial score (nSPS) is 30.4. The van der Waals surface area contributed by atoms with Crippen LogP contribution in [-0.4, -0.2) is 49.7 Å². The van der Waals surface area contributed by atoms with Crippen LogP contribution in [0.2, 0.25) is 0 Å². The van der Waals surface area contributed by atoms with E-state index in [0.717, 1.165) is 51.7 Å². The maximum atomic E-state index is 9.79. The summed E-state index contributed by atoms with van der Waals surface area (Å²) >= 11 is 0. The summed E-state index contributed by atoms with van der Waals surface area (Å²) in [4.78, 5) is 0. The topological polar surface area (TPSA) is 57.2 Å². The van der Waals surface area contributed by atoms with Gasteiger partial charge < -0.3 is 24.1 Å². The molecule has 2 heterocycles. The summed E-state index contributed by atoms with van der Waals surface area (Å²) in [6, 6.07) is 0. The summed E-state index contributed by atoms with van der Waals surface area (Å²) in [6.07, 6.45) is 8.85. The van der Waals surface area contributed by atoms with Crippen LogP contribution in [0.25, 0.3) is 0 Å². The molecule has 0 radical (unpaired) electrons. The number of rotatable bonds is 7. The van der Waals surface area contributed by atoms with Gasteiger partial charge in [0.2, 0.25) is 0 Å². The van der Waals surface area contributed by atoms with Crippen molar-refractivity contribution in [1.29, 1.82) is 0 Å². The van der Waals surface area contributed by atoms with E-state index >= 15 is 0 Å².